The summed E-state index contributed by atoms with van der Waals surface area (Å²) in [5, 5.41) is 8.52. The molecule has 0 unspecified atom stereocenters. The average molecular weight is 339 g/mol. The van der Waals surface area contributed by atoms with Gasteiger partial charge in [0.05, 0.1) is 0 Å². The minimum Gasteiger partial charge on any atom is -0.481 e. The molecule has 3 heteroatoms. The van der Waals surface area contributed by atoms with Gasteiger partial charge in [0.15, 0.2) is 0 Å². The van der Waals surface area contributed by atoms with Gasteiger partial charge in [-0.1, -0.05) is 96.8 Å². The van der Waals surface area contributed by atoms with E-state index in [4.69, 9.17) is 5.11 Å². The van der Waals surface area contributed by atoms with Gasteiger partial charge in [0.2, 0.25) is 0 Å². The van der Waals surface area contributed by atoms with Gasteiger partial charge in [-0.05, 0) is 6.42 Å². The smallest absolute Gasteiger partial charge is 0.481 e. The van der Waals surface area contributed by atoms with Crippen molar-refractivity contribution in [1.29, 1.82) is 0 Å². The minimum atomic E-state index is -0.653. The molecule has 0 heterocycles. The second-order valence-electron chi connectivity index (χ2n) is 6.09. The van der Waals surface area contributed by atoms with Crippen molar-refractivity contribution in [1.82, 2.24) is 0 Å². The van der Waals surface area contributed by atoms with Crippen molar-refractivity contribution in [3.8, 4) is 0 Å². The summed E-state index contributed by atoms with van der Waals surface area (Å²) >= 11 is 0. The fourth-order valence-electron chi connectivity index (χ4n) is 2.65. The van der Waals surface area contributed by atoms with Crippen molar-refractivity contribution in [2.24, 2.45) is 0 Å². The molecule has 0 radical (unpaired) electrons. The standard InChI is InChI=1S/C18H36O2.CH3.K/c1-2-3-4-5-6-7-8-9-10-11-12-13-14-15-16-17-18(19)20;;/h2-17H2,1H3,(H,19,20);1H3;/q;-1;+1. The van der Waals surface area contributed by atoms with Crippen LogP contribution in [0.1, 0.15) is 110 Å². The van der Waals surface area contributed by atoms with E-state index in [1.54, 1.807) is 0 Å². The van der Waals surface area contributed by atoms with E-state index in [0.717, 1.165) is 12.8 Å². The summed E-state index contributed by atoms with van der Waals surface area (Å²) in [6, 6.07) is 0. The Hall–Kier alpha value is 1.11. The molecule has 0 bridgehead atoms. The molecule has 0 amide bonds. The van der Waals surface area contributed by atoms with Crippen LogP contribution in [0.2, 0.25) is 0 Å². The van der Waals surface area contributed by atoms with Gasteiger partial charge < -0.3 is 12.5 Å². The van der Waals surface area contributed by atoms with Gasteiger partial charge in [0.25, 0.3) is 0 Å². The Morgan fingerprint density at radius 1 is 0.636 bits per heavy atom. The number of aliphatic carboxylic acids is 1. The van der Waals surface area contributed by atoms with Gasteiger partial charge in [-0.25, -0.2) is 0 Å². The zero-order valence-electron chi connectivity index (χ0n) is 15.7. The Balaban J connectivity index is -0.00000180. The maximum absolute atomic E-state index is 10.3. The van der Waals surface area contributed by atoms with Crippen molar-refractivity contribution in [3.63, 3.8) is 0 Å². The van der Waals surface area contributed by atoms with Crippen molar-refractivity contribution < 1.29 is 61.3 Å². The van der Waals surface area contributed by atoms with E-state index in [9.17, 15) is 4.79 Å². The molecular formula is C19H39KO2. The van der Waals surface area contributed by atoms with Gasteiger partial charge in [0, 0.05) is 6.42 Å². The molecule has 22 heavy (non-hydrogen) atoms. The Kier molecular flexibility index (Phi) is 30.9. The SMILES string of the molecule is CCCCCCCCCCCCCCCCCC(=O)O.[CH3-].[K+]. The summed E-state index contributed by atoms with van der Waals surface area (Å²) in [5.41, 5.74) is 0. The van der Waals surface area contributed by atoms with Gasteiger partial charge in [-0.2, -0.15) is 0 Å². The molecule has 0 aliphatic heterocycles. The first-order chi connectivity index (χ1) is 9.77. The normalized spacial score (nSPS) is 9.86. The Labute approximate surface area is 182 Å². The molecule has 0 fully saturated rings. The predicted octanol–water partition coefficient (Wildman–Crippen LogP) is 3.79. The molecule has 0 aromatic rings. The molecular weight excluding hydrogens is 299 g/mol. The van der Waals surface area contributed by atoms with Crippen LogP contribution >= 0.6 is 0 Å². The Morgan fingerprint density at radius 3 is 1.18 bits per heavy atom. The number of unbranched alkanes of at least 4 members (excludes halogenated alkanes) is 14. The third kappa shape index (κ3) is 26.0. The molecule has 0 saturated heterocycles. The van der Waals surface area contributed by atoms with Crippen molar-refractivity contribution in [2.75, 3.05) is 0 Å². The maximum atomic E-state index is 10.3. The minimum absolute atomic E-state index is 0. The maximum Gasteiger partial charge on any atom is 1.00 e. The molecule has 1 N–H and O–H groups in total. The van der Waals surface area contributed by atoms with E-state index in [0.29, 0.717) is 6.42 Å². The van der Waals surface area contributed by atoms with Crippen LogP contribution in [-0.4, -0.2) is 11.1 Å². The van der Waals surface area contributed by atoms with Crippen molar-refractivity contribution >= 4 is 5.97 Å². The van der Waals surface area contributed by atoms with Crippen molar-refractivity contribution in [2.45, 2.75) is 110 Å². The second-order valence-corrected chi connectivity index (χ2v) is 6.09. The molecule has 0 aromatic carbocycles. The molecule has 0 atom stereocenters. The second kappa shape index (κ2) is 24.4. The van der Waals surface area contributed by atoms with Crippen LogP contribution in [0, 0.1) is 7.43 Å². The summed E-state index contributed by atoms with van der Waals surface area (Å²) in [6.07, 6.45) is 20.2. The van der Waals surface area contributed by atoms with E-state index in [2.05, 4.69) is 6.92 Å². The third-order valence-corrected chi connectivity index (χ3v) is 3.99. The quantitative estimate of drug-likeness (QED) is 0.264. The monoisotopic (exact) mass is 338 g/mol. The number of carboxylic acids is 1. The first kappa shape index (κ1) is 27.9. The molecule has 0 aliphatic rings. The molecule has 0 aromatic heterocycles. The van der Waals surface area contributed by atoms with Gasteiger partial charge in [-0.3, -0.25) is 4.79 Å². The van der Waals surface area contributed by atoms with Crippen LogP contribution in [0.15, 0.2) is 0 Å². The average Bonchev–Trinajstić information content (AvgIpc) is 2.43. The number of hydrogen-bond acceptors (Lipinski definition) is 1. The summed E-state index contributed by atoms with van der Waals surface area (Å²) in [4.78, 5) is 10.3. The fourth-order valence-corrected chi connectivity index (χ4v) is 2.65. The summed E-state index contributed by atoms with van der Waals surface area (Å²) in [5.74, 6) is -0.653. The van der Waals surface area contributed by atoms with Gasteiger partial charge >= 0.3 is 57.4 Å². The number of rotatable bonds is 16. The van der Waals surface area contributed by atoms with E-state index in [1.165, 1.54) is 83.5 Å². The van der Waals surface area contributed by atoms with Crippen LogP contribution in [0.4, 0.5) is 0 Å². The van der Waals surface area contributed by atoms with E-state index in [1.807, 2.05) is 0 Å². The van der Waals surface area contributed by atoms with Gasteiger partial charge in [0.1, 0.15) is 0 Å². The first-order valence-corrected chi connectivity index (χ1v) is 8.99. The van der Waals surface area contributed by atoms with Crippen LogP contribution in [0.5, 0.6) is 0 Å². The Morgan fingerprint density at radius 2 is 0.909 bits per heavy atom. The predicted molar refractivity (Wildman–Crippen MR) is 93.6 cm³/mol. The molecule has 0 aliphatic carbocycles. The van der Waals surface area contributed by atoms with E-state index >= 15 is 0 Å². The van der Waals surface area contributed by atoms with Crippen LogP contribution in [0.3, 0.4) is 0 Å². The van der Waals surface area contributed by atoms with Crippen molar-refractivity contribution in [3.05, 3.63) is 7.43 Å². The molecule has 0 saturated carbocycles. The van der Waals surface area contributed by atoms with Crippen LogP contribution in [0.25, 0.3) is 0 Å². The number of carbonyl (C=O) groups is 1. The molecule has 128 valence electrons. The van der Waals surface area contributed by atoms with E-state index in [-0.39, 0.29) is 58.8 Å². The largest absolute Gasteiger partial charge is 1.00 e. The van der Waals surface area contributed by atoms with E-state index < -0.39 is 5.97 Å². The van der Waals surface area contributed by atoms with Gasteiger partial charge in [-0.15, -0.1) is 0 Å². The third-order valence-electron chi connectivity index (χ3n) is 3.99. The van der Waals surface area contributed by atoms with Crippen LogP contribution < -0.4 is 51.4 Å². The first-order valence-electron chi connectivity index (χ1n) is 8.99. The zero-order valence-corrected chi connectivity index (χ0v) is 18.8. The zero-order chi connectivity index (χ0) is 14.9. The van der Waals surface area contributed by atoms with Crippen LogP contribution in [-0.2, 0) is 4.79 Å². The fraction of sp³-hybridized carbons (Fsp3) is 0.895. The molecule has 0 rings (SSSR count). The molecule has 0 spiro atoms. The summed E-state index contributed by atoms with van der Waals surface area (Å²) in [6.45, 7) is 2.27. The molecule has 2 nitrogen and oxygen atoms in total. The summed E-state index contributed by atoms with van der Waals surface area (Å²) < 4.78 is 0. The topological polar surface area (TPSA) is 37.3 Å². The Bertz CT molecular complexity index is 208. The number of carboxylic acid groups (broad SMARTS) is 1. The number of hydrogen-bond donors (Lipinski definition) is 1. The summed E-state index contributed by atoms with van der Waals surface area (Å²) in [7, 11) is 0.